The SMILES string of the molecule is CNC(=O)C1COCCN1C(=O)N1CCC[C@@H]1C(=O)O. The fraction of sp³-hybridized carbons (Fsp3) is 0.750. The van der Waals surface area contributed by atoms with Gasteiger partial charge in [-0.1, -0.05) is 0 Å². The fourth-order valence-electron chi connectivity index (χ4n) is 2.63. The van der Waals surface area contributed by atoms with Crippen LogP contribution in [-0.2, 0) is 14.3 Å². The van der Waals surface area contributed by atoms with Crippen molar-refractivity contribution < 1.29 is 24.2 Å². The average molecular weight is 285 g/mol. The minimum atomic E-state index is -0.999. The predicted molar refractivity (Wildman–Crippen MR) is 68.1 cm³/mol. The van der Waals surface area contributed by atoms with Crippen LogP contribution in [0.15, 0.2) is 0 Å². The van der Waals surface area contributed by atoms with Gasteiger partial charge < -0.3 is 25.0 Å². The molecule has 0 aromatic heterocycles. The first-order valence-corrected chi connectivity index (χ1v) is 6.65. The number of urea groups is 1. The number of hydrogen-bond donors (Lipinski definition) is 2. The Kier molecular flexibility index (Phi) is 4.43. The van der Waals surface area contributed by atoms with Gasteiger partial charge in [-0.3, -0.25) is 4.79 Å². The van der Waals surface area contributed by atoms with E-state index in [1.165, 1.54) is 16.8 Å². The van der Waals surface area contributed by atoms with E-state index in [9.17, 15) is 14.4 Å². The highest BCUT2D eigenvalue weighted by atomic mass is 16.5. The molecule has 3 amide bonds. The number of carbonyl (C=O) groups is 3. The summed E-state index contributed by atoms with van der Waals surface area (Å²) in [6, 6.07) is -1.89. The number of carboxylic acids is 1. The molecule has 0 aromatic carbocycles. The summed E-state index contributed by atoms with van der Waals surface area (Å²) in [4.78, 5) is 38.2. The van der Waals surface area contributed by atoms with E-state index in [2.05, 4.69) is 5.32 Å². The van der Waals surface area contributed by atoms with Gasteiger partial charge in [-0.15, -0.1) is 0 Å². The van der Waals surface area contributed by atoms with Gasteiger partial charge in [-0.2, -0.15) is 0 Å². The molecule has 0 saturated carbocycles. The van der Waals surface area contributed by atoms with Crippen molar-refractivity contribution in [3.63, 3.8) is 0 Å². The maximum atomic E-state index is 12.5. The van der Waals surface area contributed by atoms with Gasteiger partial charge in [-0.05, 0) is 12.8 Å². The zero-order chi connectivity index (χ0) is 14.7. The summed E-state index contributed by atoms with van der Waals surface area (Å²) in [5, 5.41) is 11.6. The number of ether oxygens (including phenoxy) is 1. The molecule has 2 aliphatic rings. The number of aliphatic carboxylic acids is 1. The molecule has 112 valence electrons. The van der Waals surface area contributed by atoms with Gasteiger partial charge in [0.2, 0.25) is 5.91 Å². The van der Waals surface area contributed by atoms with E-state index >= 15 is 0 Å². The normalized spacial score (nSPS) is 26.4. The molecule has 2 saturated heterocycles. The molecular weight excluding hydrogens is 266 g/mol. The number of carbonyl (C=O) groups excluding carboxylic acids is 2. The number of nitrogens with zero attached hydrogens (tertiary/aromatic N) is 2. The minimum Gasteiger partial charge on any atom is -0.480 e. The summed E-state index contributed by atoms with van der Waals surface area (Å²) in [5.41, 5.74) is 0. The maximum Gasteiger partial charge on any atom is 0.326 e. The van der Waals surface area contributed by atoms with E-state index in [-0.39, 0.29) is 12.5 Å². The summed E-state index contributed by atoms with van der Waals surface area (Å²) in [5.74, 6) is -1.30. The van der Waals surface area contributed by atoms with Crippen molar-refractivity contribution in [3.8, 4) is 0 Å². The summed E-state index contributed by atoms with van der Waals surface area (Å²) < 4.78 is 5.23. The van der Waals surface area contributed by atoms with Crippen LogP contribution in [0.3, 0.4) is 0 Å². The third-order valence-corrected chi connectivity index (χ3v) is 3.71. The number of likely N-dealkylation sites (N-methyl/N-ethyl adjacent to an activating group) is 1. The molecule has 8 heteroatoms. The van der Waals surface area contributed by atoms with Crippen molar-refractivity contribution in [2.75, 3.05) is 33.4 Å². The lowest BCUT2D eigenvalue weighted by molar-refractivity contribution is -0.141. The summed E-state index contributed by atoms with van der Waals surface area (Å²) in [6.45, 7) is 1.19. The van der Waals surface area contributed by atoms with Crippen molar-refractivity contribution >= 4 is 17.9 Å². The highest BCUT2D eigenvalue weighted by Crippen LogP contribution is 2.21. The van der Waals surface area contributed by atoms with Crippen LogP contribution in [0.4, 0.5) is 4.79 Å². The van der Waals surface area contributed by atoms with Crippen molar-refractivity contribution in [1.82, 2.24) is 15.1 Å². The van der Waals surface area contributed by atoms with Gasteiger partial charge in [0.15, 0.2) is 0 Å². The molecule has 8 nitrogen and oxygen atoms in total. The van der Waals surface area contributed by atoms with Crippen molar-refractivity contribution in [3.05, 3.63) is 0 Å². The molecule has 2 heterocycles. The van der Waals surface area contributed by atoms with Crippen LogP contribution in [0.1, 0.15) is 12.8 Å². The van der Waals surface area contributed by atoms with E-state index in [1.807, 2.05) is 0 Å². The van der Waals surface area contributed by atoms with Crippen LogP contribution >= 0.6 is 0 Å². The third kappa shape index (κ3) is 2.69. The van der Waals surface area contributed by atoms with Crippen LogP contribution in [0.25, 0.3) is 0 Å². The van der Waals surface area contributed by atoms with Gasteiger partial charge in [0.05, 0.1) is 13.2 Å². The zero-order valence-electron chi connectivity index (χ0n) is 11.4. The van der Waals surface area contributed by atoms with Gasteiger partial charge in [0.1, 0.15) is 12.1 Å². The number of rotatable bonds is 2. The molecule has 0 bridgehead atoms. The first-order valence-electron chi connectivity index (χ1n) is 6.65. The topological polar surface area (TPSA) is 99.2 Å². The second-order valence-electron chi connectivity index (χ2n) is 4.87. The largest absolute Gasteiger partial charge is 0.480 e. The van der Waals surface area contributed by atoms with E-state index in [0.29, 0.717) is 32.5 Å². The Morgan fingerprint density at radius 3 is 2.55 bits per heavy atom. The lowest BCUT2D eigenvalue weighted by Crippen LogP contribution is -2.59. The Morgan fingerprint density at radius 2 is 1.90 bits per heavy atom. The van der Waals surface area contributed by atoms with Crippen LogP contribution < -0.4 is 5.32 Å². The van der Waals surface area contributed by atoms with Crippen molar-refractivity contribution in [2.45, 2.75) is 24.9 Å². The van der Waals surface area contributed by atoms with Crippen LogP contribution in [0, 0.1) is 0 Å². The molecule has 1 unspecified atom stereocenters. The molecule has 2 N–H and O–H groups in total. The highest BCUT2D eigenvalue weighted by Gasteiger charge is 2.40. The second kappa shape index (κ2) is 6.08. The standard InChI is InChI=1S/C12H19N3O5/c1-13-10(16)9-7-20-6-5-15(9)12(19)14-4-2-3-8(14)11(17)18/h8-9H,2-7H2,1H3,(H,13,16)(H,17,18)/t8-,9?/m1/s1. The number of hydrogen-bond acceptors (Lipinski definition) is 4. The van der Waals surface area contributed by atoms with Gasteiger partial charge in [0, 0.05) is 20.1 Å². The fourth-order valence-corrected chi connectivity index (χ4v) is 2.63. The van der Waals surface area contributed by atoms with E-state index in [4.69, 9.17) is 9.84 Å². The number of likely N-dealkylation sites (tertiary alicyclic amines) is 1. The first-order chi connectivity index (χ1) is 9.56. The molecule has 2 fully saturated rings. The molecule has 0 aliphatic carbocycles. The quantitative estimate of drug-likeness (QED) is 0.685. The van der Waals surface area contributed by atoms with Gasteiger partial charge in [0.25, 0.3) is 0 Å². The third-order valence-electron chi connectivity index (χ3n) is 3.71. The Morgan fingerprint density at radius 1 is 1.20 bits per heavy atom. The van der Waals surface area contributed by atoms with E-state index in [0.717, 1.165) is 0 Å². The Hall–Kier alpha value is -1.83. The average Bonchev–Trinajstić information content (AvgIpc) is 2.95. The molecule has 0 spiro atoms. The van der Waals surface area contributed by atoms with E-state index in [1.54, 1.807) is 0 Å². The van der Waals surface area contributed by atoms with Crippen molar-refractivity contribution in [2.24, 2.45) is 0 Å². The summed E-state index contributed by atoms with van der Waals surface area (Å²) in [6.07, 6.45) is 1.12. The van der Waals surface area contributed by atoms with Crippen LogP contribution in [-0.4, -0.2) is 78.2 Å². The van der Waals surface area contributed by atoms with Crippen molar-refractivity contribution in [1.29, 1.82) is 0 Å². The highest BCUT2D eigenvalue weighted by molar-refractivity contribution is 5.89. The molecular formula is C12H19N3O5. The van der Waals surface area contributed by atoms with Crippen LogP contribution in [0.5, 0.6) is 0 Å². The number of amides is 3. The Bertz CT molecular complexity index is 414. The molecule has 20 heavy (non-hydrogen) atoms. The predicted octanol–water partition coefficient (Wildman–Crippen LogP) is -0.898. The Balaban J connectivity index is 2.13. The van der Waals surface area contributed by atoms with Gasteiger partial charge in [-0.25, -0.2) is 9.59 Å². The maximum absolute atomic E-state index is 12.5. The lowest BCUT2D eigenvalue weighted by atomic mass is 10.2. The first kappa shape index (κ1) is 14.6. The second-order valence-corrected chi connectivity index (χ2v) is 4.87. The zero-order valence-corrected chi connectivity index (χ0v) is 11.4. The van der Waals surface area contributed by atoms with Gasteiger partial charge >= 0.3 is 12.0 Å². The number of nitrogens with one attached hydrogen (secondary N) is 1. The molecule has 0 radical (unpaired) electrons. The Labute approximate surface area is 116 Å². The molecule has 0 aromatic rings. The van der Waals surface area contributed by atoms with Crippen LogP contribution in [0.2, 0.25) is 0 Å². The minimum absolute atomic E-state index is 0.136. The summed E-state index contributed by atoms with van der Waals surface area (Å²) >= 11 is 0. The number of morpholine rings is 1. The lowest BCUT2D eigenvalue weighted by Gasteiger charge is -2.37. The molecule has 2 aliphatic heterocycles. The summed E-state index contributed by atoms with van der Waals surface area (Å²) in [7, 11) is 1.50. The van der Waals surface area contributed by atoms with E-state index < -0.39 is 24.1 Å². The monoisotopic (exact) mass is 285 g/mol. The number of carboxylic acid groups (broad SMARTS) is 1. The smallest absolute Gasteiger partial charge is 0.326 e. The molecule has 2 atom stereocenters. The molecule has 2 rings (SSSR count).